The SMILES string of the molecule is CC(=O)N1CCC(C(=O)OCC2CN(Cc3ccccc3)CCO2)CC1. The lowest BCUT2D eigenvalue weighted by Gasteiger charge is -2.33. The van der Waals surface area contributed by atoms with Crippen LogP contribution in [0.15, 0.2) is 30.3 Å². The molecule has 1 aromatic rings. The van der Waals surface area contributed by atoms with Gasteiger partial charge in [-0.05, 0) is 18.4 Å². The third-order valence-electron chi connectivity index (χ3n) is 5.16. The predicted octanol–water partition coefficient (Wildman–Crippen LogP) is 1.69. The highest BCUT2D eigenvalue weighted by atomic mass is 16.6. The fraction of sp³-hybridized carbons (Fsp3) is 0.600. The van der Waals surface area contributed by atoms with E-state index in [9.17, 15) is 9.59 Å². The van der Waals surface area contributed by atoms with E-state index in [2.05, 4.69) is 17.0 Å². The Hall–Kier alpha value is -1.92. The normalized spacial score (nSPS) is 22.2. The zero-order valence-corrected chi connectivity index (χ0v) is 15.4. The van der Waals surface area contributed by atoms with Crippen LogP contribution in [-0.4, -0.2) is 67.2 Å². The van der Waals surface area contributed by atoms with Crippen molar-refractivity contribution in [2.45, 2.75) is 32.4 Å². The molecule has 26 heavy (non-hydrogen) atoms. The number of carbonyl (C=O) groups is 2. The summed E-state index contributed by atoms with van der Waals surface area (Å²) < 4.78 is 11.3. The molecular weight excluding hydrogens is 332 g/mol. The Kier molecular flexibility index (Phi) is 6.63. The van der Waals surface area contributed by atoms with Gasteiger partial charge in [-0.2, -0.15) is 0 Å². The van der Waals surface area contributed by atoms with Gasteiger partial charge in [-0.3, -0.25) is 14.5 Å². The lowest BCUT2D eigenvalue weighted by molar-refractivity contribution is -0.157. The summed E-state index contributed by atoms with van der Waals surface area (Å²) in [5.74, 6) is -0.183. The van der Waals surface area contributed by atoms with Crippen molar-refractivity contribution < 1.29 is 19.1 Å². The molecule has 2 aliphatic rings. The average Bonchev–Trinajstić information content (AvgIpc) is 2.67. The zero-order valence-electron chi connectivity index (χ0n) is 15.4. The van der Waals surface area contributed by atoms with Gasteiger partial charge >= 0.3 is 5.97 Å². The summed E-state index contributed by atoms with van der Waals surface area (Å²) in [6.07, 6.45) is 1.29. The molecule has 1 atom stereocenters. The topological polar surface area (TPSA) is 59.1 Å². The third-order valence-corrected chi connectivity index (χ3v) is 5.16. The number of likely N-dealkylation sites (tertiary alicyclic amines) is 1. The van der Waals surface area contributed by atoms with Crippen LogP contribution in [0.25, 0.3) is 0 Å². The Morgan fingerprint density at radius 1 is 1.15 bits per heavy atom. The van der Waals surface area contributed by atoms with Crippen molar-refractivity contribution in [3.8, 4) is 0 Å². The van der Waals surface area contributed by atoms with Gasteiger partial charge in [0.25, 0.3) is 0 Å². The van der Waals surface area contributed by atoms with E-state index in [0.29, 0.717) is 39.1 Å². The molecule has 3 rings (SSSR count). The first-order valence-electron chi connectivity index (χ1n) is 9.42. The van der Waals surface area contributed by atoms with E-state index < -0.39 is 0 Å². The van der Waals surface area contributed by atoms with Crippen LogP contribution >= 0.6 is 0 Å². The summed E-state index contributed by atoms with van der Waals surface area (Å²) in [6, 6.07) is 10.4. The number of piperidine rings is 1. The Morgan fingerprint density at radius 3 is 2.58 bits per heavy atom. The van der Waals surface area contributed by atoms with E-state index >= 15 is 0 Å². The Bertz CT molecular complexity index is 599. The molecule has 0 aliphatic carbocycles. The van der Waals surface area contributed by atoms with Gasteiger partial charge in [-0.15, -0.1) is 0 Å². The number of amides is 1. The van der Waals surface area contributed by atoms with Crippen molar-refractivity contribution in [2.75, 3.05) is 39.4 Å². The quantitative estimate of drug-likeness (QED) is 0.748. The van der Waals surface area contributed by atoms with Crippen molar-refractivity contribution in [1.29, 1.82) is 0 Å². The van der Waals surface area contributed by atoms with E-state index in [4.69, 9.17) is 9.47 Å². The van der Waals surface area contributed by atoms with Crippen LogP contribution in [0.2, 0.25) is 0 Å². The average molecular weight is 360 g/mol. The second-order valence-corrected chi connectivity index (χ2v) is 7.12. The minimum atomic E-state index is -0.156. The summed E-state index contributed by atoms with van der Waals surface area (Å²) in [6.45, 7) is 6.36. The van der Waals surface area contributed by atoms with E-state index in [0.717, 1.165) is 19.6 Å². The first-order valence-corrected chi connectivity index (χ1v) is 9.42. The lowest BCUT2D eigenvalue weighted by Crippen LogP contribution is -2.45. The number of hydrogen-bond donors (Lipinski definition) is 0. The zero-order chi connectivity index (χ0) is 18.4. The van der Waals surface area contributed by atoms with Crippen LogP contribution < -0.4 is 0 Å². The van der Waals surface area contributed by atoms with Gasteiger partial charge in [0.05, 0.1) is 12.5 Å². The molecule has 2 fully saturated rings. The molecule has 142 valence electrons. The number of esters is 1. The molecule has 0 spiro atoms. The third kappa shape index (κ3) is 5.29. The Labute approximate surface area is 155 Å². The molecule has 1 aromatic carbocycles. The van der Waals surface area contributed by atoms with Crippen LogP contribution in [-0.2, 0) is 25.6 Å². The molecule has 6 heteroatoms. The van der Waals surface area contributed by atoms with Crippen molar-refractivity contribution in [3.05, 3.63) is 35.9 Å². The molecule has 0 saturated carbocycles. The molecule has 0 bridgehead atoms. The number of hydrogen-bond acceptors (Lipinski definition) is 5. The highest BCUT2D eigenvalue weighted by Gasteiger charge is 2.28. The summed E-state index contributed by atoms with van der Waals surface area (Å²) in [7, 11) is 0. The number of benzene rings is 1. The fourth-order valence-corrected chi connectivity index (χ4v) is 3.59. The smallest absolute Gasteiger partial charge is 0.309 e. The minimum Gasteiger partial charge on any atom is -0.463 e. The van der Waals surface area contributed by atoms with Crippen LogP contribution in [0.5, 0.6) is 0 Å². The first kappa shape index (κ1) is 18.9. The van der Waals surface area contributed by atoms with E-state index in [-0.39, 0.29) is 23.9 Å². The summed E-state index contributed by atoms with van der Waals surface area (Å²) >= 11 is 0. The maximum atomic E-state index is 12.3. The minimum absolute atomic E-state index is 0.0749. The molecular formula is C20H28N2O4. The maximum absolute atomic E-state index is 12.3. The molecule has 0 aromatic heterocycles. The number of ether oxygens (including phenoxy) is 2. The van der Waals surface area contributed by atoms with E-state index in [1.165, 1.54) is 5.56 Å². The molecule has 6 nitrogen and oxygen atoms in total. The first-order chi connectivity index (χ1) is 12.6. The largest absolute Gasteiger partial charge is 0.463 e. The molecule has 1 unspecified atom stereocenters. The van der Waals surface area contributed by atoms with Crippen LogP contribution in [0.4, 0.5) is 0 Å². The van der Waals surface area contributed by atoms with Crippen LogP contribution in [0.3, 0.4) is 0 Å². The van der Waals surface area contributed by atoms with Gasteiger partial charge in [0.15, 0.2) is 0 Å². The van der Waals surface area contributed by atoms with E-state index in [1.54, 1.807) is 11.8 Å². The monoisotopic (exact) mass is 360 g/mol. The number of rotatable bonds is 5. The van der Waals surface area contributed by atoms with Gasteiger partial charge in [0, 0.05) is 39.6 Å². The van der Waals surface area contributed by atoms with E-state index in [1.807, 2.05) is 18.2 Å². The number of carbonyl (C=O) groups excluding carboxylic acids is 2. The second kappa shape index (κ2) is 9.14. The molecule has 1 amide bonds. The molecule has 2 heterocycles. The summed E-state index contributed by atoms with van der Waals surface area (Å²) in [4.78, 5) is 27.8. The maximum Gasteiger partial charge on any atom is 0.309 e. The van der Waals surface area contributed by atoms with Gasteiger partial charge in [0.2, 0.25) is 5.91 Å². The lowest BCUT2D eigenvalue weighted by atomic mass is 9.97. The van der Waals surface area contributed by atoms with Crippen LogP contribution in [0, 0.1) is 5.92 Å². The fourth-order valence-electron chi connectivity index (χ4n) is 3.59. The van der Waals surface area contributed by atoms with Gasteiger partial charge in [-0.1, -0.05) is 30.3 Å². The number of morpholine rings is 1. The summed E-state index contributed by atoms with van der Waals surface area (Å²) in [5.41, 5.74) is 1.28. The van der Waals surface area contributed by atoms with Crippen molar-refractivity contribution in [1.82, 2.24) is 9.80 Å². The molecule has 0 N–H and O–H groups in total. The van der Waals surface area contributed by atoms with Crippen LogP contribution in [0.1, 0.15) is 25.3 Å². The van der Waals surface area contributed by atoms with Gasteiger partial charge < -0.3 is 14.4 Å². The van der Waals surface area contributed by atoms with Gasteiger partial charge in [0.1, 0.15) is 12.7 Å². The summed E-state index contributed by atoms with van der Waals surface area (Å²) in [5, 5.41) is 0. The Morgan fingerprint density at radius 2 is 1.88 bits per heavy atom. The highest BCUT2D eigenvalue weighted by Crippen LogP contribution is 2.19. The Balaban J connectivity index is 1.40. The predicted molar refractivity (Wildman–Crippen MR) is 97.4 cm³/mol. The highest BCUT2D eigenvalue weighted by molar-refractivity contribution is 5.75. The van der Waals surface area contributed by atoms with Crippen molar-refractivity contribution in [2.24, 2.45) is 5.92 Å². The molecule has 0 radical (unpaired) electrons. The van der Waals surface area contributed by atoms with Crippen molar-refractivity contribution >= 4 is 11.9 Å². The molecule has 2 saturated heterocycles. The van der Waals surface area contributed by atoms with Gasteiger partial charge in [-0.25, -0.2) is 0 Å². The molecule has 2 aliphatic heterocycles. The standard InChI is InChI=1S/C20H28N2O4/c1-16(23)22-9-7-18(8-10-22)20(24)26-15-19-14-21(11-12-25-19)13-17-5-3-2-4-6-17/h2-6,18-19H,7-15H2,1H3. The number of nitrogens with zero attached hydrogens (tertiary/aromatic N) is 2. The van der Waals surface area contributed by atoms with Crippen molar-refractivity contribution in [3.63, 3.8) is 0 Å². The second-order valence-electron chi connectivity index (χ2n) is 7.12.